The van der Waals surface area contributed by atoms with Crippen molar-refractivity contribution in [2.75, 3.05) is 40.9 Å². The number of phosphoric ester groups is 1. The average Bonchev–Trinajstić information content (AvgIpc) is 3.35. The molecular weight excluding hydrogens is 924 g/mol. The normalized spacial score (nSPS) is 14.2. The van der Waals surface area contributed by atoms with Gasteiger partial charge < -0.3 is 28.8 Å². The van der Waals surface area contributed by atoms with Gasteiger partial charge in [0.1, 0.15) is 13.2 Å². The largest absolute Gasteiger partial charge is 0.756 e. The molecule has 0 aliphatic carbocycles. The van der Waals surface area contributed by atoms with E-state index in [0.29, 0.717) is 17.4 Å². The fourth-order valence-electron chi connectivity index (χ4n) is 9.06. The van der Waals surface area contributed by atoms with E-state index in [9.17, 15) is 19.4 Å². The van der Waals surface area contributed by atoms with Gasteiger partial charge in [0, 0.05) is 6.42 Å². The molecule has 0 aliphatic heterocycles. The van der Waals surface area contributed by atoms with Crippen LogP contribution >= 0.6 is 7.82 Å². The number of carbonyl (C=O) groups is 1. The standard InChI is InChI=1S/C64H121N2O6P/c1-6-8-10-12-14-16-18-20-22-24-26-27-28-29-30-31-32-33-34-35-36-37-38-40-41-43-45-47-49-51-53-55-57-63(67)62(61-72-73(69,70)71-60-59-66(3,4)5)65-64(68)58-56-54-52-50-48-46-44-42-39-25-23-21-19-17-15-13-11-9-7-2/h15,17,21,23,39,42,47,49,55,57,62-63,67H,6-14,16,18-20,22,24-38,40-41,43-46,48,50-54,56,58-61H2,1-5H3,(H-,65,68,69,70)/b17-15-,23-21-,42-39-,49-47+,57-55+. The summed E-state index contributed by atoms with van der Waals surface area (Å²) in [5, 5.41) is 13.9. The molecule has 0 radical (unpaired) electrons. The SMILES string of the molecule is CCCCC/C=C\C/C=C\C/C=C\CCCCCCCCC(=O)NC(COP(=O)([O-])OCC[N+](C)(C)C)C(O)/C=C/CC/C=C/CCCCCCCCCCCCCCCCCCCCCCCCCCCC. The number of unbranched alkanes of at least 4 members (excludes halogenated alkanes) is 36. The van der Waals surface area contributed by atoms with Crippen molar-refractivity contribution in [3.63, 3.8) is 0 Å². The van der Waals surface area contributed by atoms with E-state index in [-0.39, 0.29) is 12.5 Å². The lowest BCUT2D eigenvalue weighted by Gasteiger charge is -2.29. The summed E-state index contributed by atoms with van der Waals surface area (Å²) < 4.78 is 23.3. The number of nitrogens with one attached hydrogen (secondary N) is 1. The number of quaternary nitrogens is 1. The second-order valence-electron chi connectivity index (χ2n) is 22.4. The van der Waals surface area contributed by atoms with Crippen molar-refractivity contribution in [2.45, 2.75) is 302 Å². The van der Waals surface area contributed by atoms with E-state index in [4.69, 9.17) is 9.05 Å². The zero-order chi connectivity index (χ0) is 53.5. The Bertz CT molecular complexity index is 1370. The maximum absolute atomic E-state index is 13.0. The molecule has 0 aromatic rings. The Labute approximate surface area is 453 Å². The summed E-state index contributed by atoms with van der Waals surface area (Å²) in [7, 11) is 1.23. The predicted octanol–water partition coefficient (Wildman–Crippen LogP) is 18.6. The van der Waals surface area contributed by atoms with Crippen LogP contribution < -0.4 is 10.2 Å². The quantitative estimate of drug-likeness (QED) is 0.0272. The number of hydrogen-bond acceptors (Lipinski definition) is 6. The van der Waals surface area contributed by atoms with Gasteiger partial charge in [0.25, 0.3) is 7.82 Å². The van der Waals surface area contributed by atoms with Gasteiger partial charge >= 0.3 is 0 Å². The van der Waals surface area contributed by atoms with Crippen molar-refractivity contribution in [2.24, 2.45) is 0 Å². The monoisotopic (exact) mass is 1040 g/mol. The molecule has 0 aromatic carbocycles. The van der Waals surface area contributed by atoms with Crippen LogP contribution in [0.3, 0.4) is 0 Å². The molecule has 0 bridgehead atoms. The van der Waals surface area contributed by atoms with Crippen LogP contribution in [0.5, 0.6) is 0 Å². The predicted molar refractivity (Wildman–Crippen MR) is 316 cm³/mol. The van der Waals surface area contributed by atoms with Crippen LogP contribution in [0, 0.1) is 0 Å². The molecule has 73 heavy (non-hydrogen) atoms. The van der Waals surface area contributed by atoms with E-state index in [0.717, 1.165) is 64.2 Å². The number of hydrogen-bond donors (Lipinski definition) is 2. The number of allylic oxidation sites excluding steroid dienone is 9. The van der Waals surface area contributed by atoms with E-state index in [1.54, 1.807) is 6.08 Å². The summed E-state index contributed by atoms with van der Waals surface area (Å²) in [6.45, 7) is 4.61. The summed E-state index contributed by atoms with van der Waals surface area (Å²) in [5.41, 5.74) is 0. The second kappa shape index (κ2) is 55.0. The van der Waals surface area contributed by atoms with Gasteiger partial charge in [-0.25, -0.2) is 0 Å². The number of aliphatic hydroxyl groups is 1. The van der Waals surface area contributed by atoms with Crippen LogP contribution in [0.4, 0.5) is 0 Å². The molecule has 0 saturated carbocycles. The van der Waals surface area contributed by atoms with Gasteiger partial charge in [0.2, 0.25) is 5.91 Å². The summed E-state index contributed by atoms with van der Waals surface area (Å²) in [4.78, 5) is 25.5. The first-order valence-corrected chi connectivity index (χ1v) is 32.6. The molecule has 428 valence electrons. The highest BCUT2D eigenvalue weighted by Gasteiger charge is 2.23. The van der Waals surface area contributed by atoms with Gasteiger partial charge in [-0.15, -0.1) is 0 Å². The molecule has 8 nitrogen and oxygen atoms in total. The van der Waals surface area contributed by atoms with Crippen LogP contribution in [0.25, 0.3) is 0 Å². The lowest BCUT2D eigenvalue weighted by atomic mass is 10.0. The van der Waals surface area contributed by atoms with E-state index in [1.165, 1.54) is 205 Å². The molecular formula is C64H121N2O6P. The number of aliphatic hydroxyl groups excluding tert-OH is 1. The topological polar surface area (TPSA) is 108 Å². The molecule has 0 aliphatic rings. The number of amides is 1. The minimum atomic E-state index is -4.61. The maximum Gasteiger partial charge on any atom is 0.268 e. The molecule has 0 spiro atoms. The van der Waals surface area contributed by atoms with Gasteiger partial charge in [-0.3, -0.25) is 9.36 Å². The maximum atomic E-state index is 13.0. The van der Waals surface area contributed by atoms with Gasteiger partial charge in [0.15, 0.2) is 0 Å². The Hall–Kier alpha value is -1.80. The highest BCUT2D eigenvalue weighted by molar-refractivity contribution is 7.45. The lowest BCUT2D eigenvalue weighted by molar-refractivity contribution is -0.870. The number of nitrogens with zero attached hydrogens (tertiary/aromatic N) is 1. The van der Waals surface area contributed by atoms with Crippen molar-refractivity contribution in [3.05, 3.63) is 60.8 Å². The number of rotatable bonds is 57. The van der Waals surface area contributed by atoms with E-state index < -0.39 is 26.6 Å². The van der Waals surface area contributed by atoms with Crippen LogP contribution in [-0.4, -0.2) is 68.5 Å². The Morgan fingerprint density at radius 2 is 0.808 bits per heavy atom. The van der Waals surface area contributed by atoms with Crippen molar-refractivity contribution >= 4 is 13.7 Å². The van der Waals surface area contributed by atoms with E-state index in [1.807, 2.05) is 27.2 Å². The number of carbonyl (C=O) groups excluding carboxylic acids is 1. The molecule has 0 rings (SSSR count). The van der Waals surface area contributed by atoms with Crippen LogP contribution in [0.15, 0.2) is 60.8 Å². The Balaban J connectivity index is 4.16. The van der Waals surface area contributed by atoms with Crippen LogP contribution in [0.1, 0.15) is 290 Å². The molecule has 0 aromatic heterocycles. The third-order valence-electron chi connectivity index (χ3n) is 13.9. The highest BCUT2D eigenvalue weighted by atomic mass is 31.2. The van der Waals surface area contributed by atoms with Crippen molar-refractivity contribution in [1.82, 2.24) is 5.32 Å². The first-order valence-electron chi connectivity index (χ1n) is 31.2. The van der Waals surface area contributed by atoms with Gasteiger partial charge in [0.05, 0.1) is 39.9 Å². The van der Waals surface area contributed by atoms with Crippen LogP contribution in [-0.2, 0) is 18.4 Å². The molecule has 0 heterocycles. The highest BCUT2D eigenvalue weighted by Crippen LogP contribution is 2.38. The van der Waals surface area contributed by atoms with E-state index in [2.05, 4.69) is 67.8 Å². The lowest BCUT2D eigenvalue weighted by Crippen LogP contribution is -2.45. The van der Waals surface area contributed by atoms with E-state index >= 15 is 0 Å². The summed E-state index contributed by atoms with van der Waals surface area (Å²) >= 11 is 0. The average molecular weight is 1050 g/mol. The molecule has 9 heteroatoms. The van der Waals surface area contributed by atoms with Gasteiger partial charge in [-0.2, -0.15) is 0 Å². The number of phosphoric acid groups is 1. The molecule has 0 saturated heterocycles. The smallest absolute Gasteiger partial charge is 0.268 e. The molecule has 3 unspecified atom stereocenters. The Morgan fingerprint density at radius 3 is 1.23 bits per heavy atom. The van der Waals surface area contributed by atoms with Crippen molar-refractivity contribution < 1.29 is 32.9 Å². The Kier molecular flexibility index (Phi) is 53.6. The third-order valence-corrected chi connectivity index (χ3v) is 14.9. The van der Waals surface area contributed by atoms with Crippen molar-refractivity contribution in [3.8, 4) is 0 Å². The third kappa shape index (κ3) is 57.7. The molecule has 0 fully saturated rings. The molecule has 2 N–H and O–H groups in total. The summed E-state index contributed by atoms with van der Waals surface area (Å²) in [6, 6.07) is -0.914. The van der Waals surface area contributed by atoms with Gasteiger partial charge in [-0.1, -0.05) is 274 Å². The fourth-order valence-corrected chi connectivity index (χ4v) is 9.78. The minimum absolute atomic E-state index is 0.0111. The van der Waals surface area contributed by atoms with Crippen LogP contribution in [0.2, 0.25) is 0 Å². The second-order valence-corrected chi connectivity index (χ2v) is 23.8. The summed E-state index contributed by atoms with van der Waals surface area (Å²) in [5.74, 6) is -0.219. The van der Waals surface area contributed by atoms with Crippen molar-refractivity contribution in [1.29, 1.82) is 0 Å². The Morgan fingerprint density at radius 1 is 0.479 bits per heavy atom. The molecule has 3 atom stereocenters. The number of likely N-dealkylation sites (N-methyl/N-ethyl adjacent to an activating group) is 1. The first kappa shape index (κ1) is 71.2. The zero-order valence-corrected chi connectivity index (χ0v) is 49.7. The van der Waals surface area contributed by atoms with Gasteiger partial charge in [-0.05, 0) is 70.6 Å². The fraction of sp³-hybridized carbons (Fsp3) is 0.828. The first-order chi connectivity index (χ1) is 35.5. The zero-order valence-electron chi connectivity index (χ0n) is 48.8. The molecule has 1 amide bonds. The minimum Gasteiger partial charge on any atom is -0.756 e. The summed E-state index contributed by atoms with van der Waals surface area (Å²) in [6.07, 6.45) is 74.7.